The van der Waals surface area contributed by atoms with Crippen LogP contribution in [-0.4, -0.2) is 23.0 Å². The van der Waals surface area contributed by atoms with Gasteiger partial charge in [-0.15, -0.1) is 0 Å². The van der Waals surface area contributed by atoms with Crippen LogP contribution in [0.1, 0.15) is 16.2 Å². The Morgan fingerprint density at radius 1 is 1.29 bits per heavy atom. The molecule has 1 heterocycles. The monoisotopic (exact) mass is 327 g/mol. The lowest BCUT2D eigenvalue weighted by Gasteiger charge is -2.07. The highest BCUT2D eigenvalue weighted by atomic mass is 19.1. The van der Waals surface area contributed by atoms with Gasteiger partial charge in [0.15, 0.2) is 5.82 Å². The zero-order valence-corrected chi connectivity index (χ0v) is 12.8. The summed E-state index contributed by atoms with van der Waals surface area (Å²) in [6, 6.07) is 10.9. The number of aromatic nitrogens is 2. The van der Waals surface area contributed by atoms with Crippen molar-refractivity contribution < 1.29 is 13.9 Å². The molecule has 7 heteroatoms. The number of carbonyl (C=O) groups excluding carboxylic acids is 1. The molecule has 2 N–H and O–H groups in total. The Kier molecular flexibility index (Phi) is 4.24. The molecule has 1 aromatic heterocycles. The summed E-state index contributed by atoms with van der Waals surface area (Å²) in [6.07, 6.45) is 0. The molecule has 0 saturated carbocycles. The van der Waals surface area contributed by atoms with Gasteiger partial charge >= 0.3 is 0 Å². The van der Waals surface area contributed by atoms with E-state index >= 15 is 0 Å². The number of halogens is 1. The largest absolute Gasteiger partial charge is 0.497 e. The topological polar surface area (TPSA) is 84.1 Å². The molecule has 0 saturated heterocycles. The van der Waals surface area contributed by atoms with Gasteiger partial charge in [-0.3, -0.25) is 9.59 Å². The minimum absolute atomic E-state index is 0.0966. The predicted molar refractivity (Wildman–Crippen MR) is 86.5 cm³/mol. The molecule has 0 radical (unpaired) electrons. The fourth-order valence-corrected chi connectivity index (χ4v) is 2.27. The van der Waals surface area contributed by atoms with E-state index < -0.39 is 17.3 Å². The number of fused-ring (bicyclic) bond motifs is 1. The number of methoxy groups -OCH3 is 1. The number of nitrogens with zero attached hydrogens (tertiary/aromatic N) is 1. The van der Waals surface area contributed by atoms with Crippen LogP contribution in [0.4, 0.5) is 4.39 Å². The molecule has 122 valence electrons. The standard InChI is InChI=1S/C17H14FN3O3/c1-24-12-4-2-3-10(7-12)9-19-17(23)15-20-14-6-5-11(18)8-13(14)16(22)21-15/h2-8H,9H2,1H3,(H,19,23)(H,20,21,22). The molecular weight excluding hydrogens is 313 g/mol. The maximum Gasteiger partial charge on any atom is 0.287 e. The second-order valence-corrected chi connectivity index (χ2v) is 5.11. The lowest BCUT2D eigenvalue weighted by atomic mass is 10.2. The number of hydrogen-bond acceptors (Lipinski definition) is 4. The summed E-state index contributed by atoms with van der Waals surface area (Å²) in [4.78, 5) is 30.6. The van der Waals surface area contributed by atoms with E-state index in [0.29, 0.717) is 5.75 Å². The Labute approximate surface area is 136 Å². The van der Waals surface area contributed by atoms with Crippen LogP contribution in [0.15, 0.2) is 47.3 Å². The van der Waals surface area contributed by atoms with Crippen molar-refractivity contribution in [3.8, 4) is 5.75 Å². The molecule has 6 nitrogen and oxygen atoms in total. The summed E-state index contributed by atoms with van der Waals surface area (Å²) in [5, 5.41) is 2.77. The summed E-state index contributed by atoms with van der Waals surface area (Å²) in [7, 11) is 1.56. The van der Waals surface area contributed by atoms with Gasteiger partial charge in [0.1, 0.15) is 11.6 Å². The maximum absolute atomic E-state index is 13.2. The third-order valence-electron chi connectivity index (χ3n) is 3.47. The fraction of sp³-hybridized carbons (Fsp3) is 0.118. The lowest BCUT2D eigenvalue weighted by molar-refractivity contribution is 0.0940. The molecule has 0 fully saturated rings. The van der Waals surface area contributed by atoms with Crippen molar-refractivity contribution in [3.05, 3.63) is 70.0 Å². The van der Waals surface area contributed by atoms with Gasteiger partial charge in [-0.2, -0.15) is 0 Å². The molecule has 3 rings (SSSR count). The van der Waals surface area contributed by atoms with Gasteiger partial charge in [0.25, 0.3) is 11.5 Å². The number of rotatable bonds is 4. The maximum atomic E-state index is 13.2. The van der Waals surface area contributed by atoms with Gasteiger partial charge in [-0.05, 0) is 35.9 Å². The molecule has 24 heavy (non-hydrogen) atoms. The van der Waals surface area contributed by atoms with Gasteiger partial charge in [0, 0.05) is 6.54 Å². The van der Waals surface area contributed by atoms with Gasteiger partial charge in [-0.25, -0.2) is 9.37 Å². The number of H-pyrrole nitrogens is 1. The summed E-state index contributed by atoms with van der Waals surface area (Å²) in [5.74, 6) is -0.505. The molecule has 0 spiro atoms. The molecule has 2 aromatic carbocycles. The van der Waals surface area contributed by atoms with Crippen LogP contribution in [0.2, 0.25) is 0 Å². The minimum atomic E-state index is -0.564. The van der Waals surface area contributed by atoms with Gasteiger partial charge in [0.05, 0.1) is 18.0 Å². The number of carbonyl (C=O) groups is 1. The first kappa shape index (κ1) is 15.7. The van der Waals surface area contributed by atoms with E-state index in [0.717, 1.165) is 11.6 Å². The summed E-state index contributed by atoms with van der Waals surface area (Å²) < 4.78 is 18.3. The Morgan fingerprint density at radius 3 is 2.92 bits per heavy atom. The SMILES string of the molecule is COc1cccc(CNC(=O)c2nc3ccc(F)cc3c(=O)[nH]2)c1. The molecule has 0 aliphatic rings. The third kappa shape index (κ3) is 3.24. The predicted octanol–water partition coefficient (Wildman–Crippen LogP) is 2.00. The Morgan fingerprint density at radius 2 is 2.12 bits per heavy atom. The van der Waals surface area contributed by atoms with Gasteiger partial charge < -0.3 is 15.0 Å². The number of aromatic amines is 1. The van der Waals surface area contributed by atoms with E-state index in [1.165, 1.54) is 12.1 Å². The second-order valence-electron chi connectivity index (χ2n) is 5.11. The zero-order valence-electron chi connectivity index (χ0n) is 12.8. The third-order valence-corrected chi connectivity index (χ3v) is 3.47. The van der Waals surface area contributed by atoms with Crippen LogP contribution >= 0.6 is 0 Å². The molecule has 0 bridgehead atoms. The molecule has 0 atom stereocenters. The number of nitrogens with one attached hydrogen (secondary N) is 2. The number of hydrogen-bond donors (Lipinski definition) is 2. The number of amides is 1. The zero-order chi connectivity index (χ0) is 17.1. The lowest BCUT2D eigenvalue weighted by Crippen LogP contribution is -2.27. The quantitative estimate of drug-likeness (QED) is 0.768. The van der Waals surface area contributed by atoms with Crippen molar-refractivity contribution in [3.63, 3.8) is 0 Å². The Bertz CT molecular complexity index is 969. The first-order valence-electron chi connectivity index (χ1n) is 7.17. The van der Waals surface area contributed by atoms with Gasteiger partial charge in [-0.1, -0.05) is 12.1 Å². The fourth-order valence-electron chi connectivity index (χ4n) is 2.27. The first-order valence-corrected chi connectivity index (χ1v) is 7.17. The van der Waals surface area contributed by atoms with Crippen LogP contribution in [0.5, 0.6) is 5.75 Å². The molecule has 0 unspecified atom stereocenters. The molecule has 0 aliphatic heterocycles. The first-order chi connectivity index (χ1) is 11.6. The van der Waals surface area contributed by atoms with Crippen molar-refractivity contribution >= 4 is 16.8 Å². The van der Waals surface area contributed by atoms with E-state index in [2.05, 4.69) is 15.3 Å². The van der Waals surface area contributed by atoms with Crippen LogP contribution in [0.25, 0.3) is 10.9 Å². The van der Waals surface area contributed by atoms with E-state index in [4.69, 9.17) is 4.74 Å². The Hall–Kier alpha value is -3.22. The number of benzene rings is 2. The molecule has 1 amide bonds. The molecule has 0 aliphatic carbocycles. The van der Waals surface area contributed by atoms with Crippen LogP contribution in [0, 0.1) is 5.82 Å². The van der Waals surface area contributed by atoms with E-state index in [-0.39, 0.29) is 23.3 Å². The van der Waals surface area contributed by atoms with Crippen LogP contribution in [-0.2, 0) is 6.54 Å². The average Bonchev–Trinajstić information content (AvgIpc) is 2.60. The van der Waals surface area contributed by atoms with Crippen molar-refractivity contribution in [2.24, 2.45) is 0 Å². The average molecular weight is 327 g/mol. The highest BCUT2D eigenvalue weighted by molar-refractivity contribution is 5.92. The normalized spacial score (nSPS) is 10.6. The van der Waals surface area contributed by atoms with Crippen LogP contribution < -0.4 is 15.6 Å². The summed E-state index contributed by atoms with van der Waals surface area (Å²) in [5.41, 5.74) is 0.533. The summed E-state index contributed by atoms with van der Waals surface area (Å²) >= 11 is 0. The van der Waals surface area contributed by atoms with E-state index in [1.54, 1.807) is 19.2 Å². The highest BCUT2D eigenvalue weighted by Crippen LogP contribution is 2.12. The van der Waals surface area contributed by atoms with Crippen molar-refractivity contribution in [2.75, 3.05) is 7.11 Å². The molecular formula is C17H14FN3O3. The number of ether oxygens (including phenoxy) is 1. The van der Waals surface area contributed by atoms with E-state index in [9.17, 15) is 14.0 Å². The van der Waals surface area contributed by atoms with Crippen molar-refractivity contribution in [1.82, 2.24) is 15.3 Å². The second kappa shape index (κ2) is 6.49. The van der Waals surface area contributed by atoms with Crippen LogP contribution in [0.3, 0.4) is 0 Å². The summed E-state index contributed by atoms with van der Waals surface area (Å²) in [6.45, 7) is 0.251. The Balaban J connectivity index is 1.81. The smallest absolute Gasteiger partial charge is 0.287 e. The van der Waals surface area contributed by atoms with Crippen molar-refractivity contribution in [2.45, 2.75) is 6.54 Å². The highest BCUT2D eigenvalue weighted by Gasteiger charge is 2.12. The molecule has 3 aromatic rings. The minimum Gasteiger partial charge on any atom is -0.497 e. The van der Waals surface area contributed by atoms with Gasteiger partial charge in [0.2, 0.25) is 0 Å². The van der Waals surface area contributed by atoms with Crippen molar-refractivity contribution in [1.29, 1.82) is 0 Å². The van der Waals surface area contributed by atoms with E-state index in [1.807, 2.05) is 12.1 Å².